The molecule has 1 aromatic carbocycles. The van der Waals surface area contributed by atoms with Crippen LogP contribution in [-0.4, -0.2) is 17.0 Å². The Kier molecular flexibility index (Phi) is 4.74. The molecule has 1 unspecified atom stereocenters. The first-order valence-electron chi connectivity index (χ1n) is 6.73. The van der Waals surface area contributed by atoms with Gasteiger partial charge in [-0.3, -0.25) is 10.1 Å². The van der Waals surface area contributed by atoms with Gasteiger partial charge in [0.15, 0.2) is 0 Å². The molecule has 0 amide bonds. The molecule has 0 radical (unpaired) electrons. The molecule has 1 atom stereocenters. The summed E-state index contributed by atoms with van der Waals surface area (Å²) in [5.74, 6) is 0. The molecule has 2 N–H and O–H groups in total. The highest BCUT2D eigenvalue weighted by Crippen LogP contribution is 2.35. The van der Waals surface area contributed by atoms with E-state index in [4.69, 9.17) is 0 Å². The molecule has 112 valence electrons. The molecule has 0 aliphatic heterocycles. The van der Waals surface area contributed by atoms with Crippen molar-refractivity contribution in [3.05, 3.63) is 44.4 Å². The number of rotatable bonds is 6. The predicted molar refractivity (Wildman–Crippen MR) is 86.2 cm³/mol. The van der Waals surface area contributed by atoms with Crippen LogP contribution in [0.15, 0.2) is 24.4 Å². The van der Waals surface area contributed by atoms with Gasteiger partial charge in [-0.1, -0.05) is 13.0 Å². The van der Waals surface area contributed by atoms with Gasteiger partial charge < -0.3 is 10.6 Å². The number of nitrogens with one attached hydrogen (secondary N) is 2. The number of hydrogen-bond acceptors (Lipinski definition) is 6. The van der Waals surface area contributed by atoms with Crippen LogP contribution in [0.2, 0.25) is 0 Å². The average Bonchev–Trinajstić information content (AvgIpc) is 2.95. The molecule has 0 spiro atoms. The van der Waals surface area contributed by atoms with Gasteiger partial charge in [-0.2, -0.15) is 0 Å². The van der Waals surface area contributed by atoms with Gasteiger partial charge in [0, 0.05) is 18.1 Å². The van der Waals surface area contributed by atoms with Gasteiger partial charge in [0.25, 0.3) is 0 Å². The summed E-state index contributed by atoms with van der Waals surface area (Å²) in [5.41, 5.74) is 1.04. The van der Waals surface area contributed by atoms with E-state index >= 15 is 0 Å². The number of nitro benzene ring substituents is 1. The number of aromatic nitrogens is 1. The number of nitro groups is 1. The van der Waals surface area contributed by atoms with Crippen molar-refractivity contribution < 1.29 is 4.92 Å². The van der Waals surface area contributed by atoms with Crippen molar-refractivity contribution in [3.8, 4) is 0 Å². The van der Waals surface area contributed by atoms with Gasteiger partial charge in [-0.15, -0.1) is 11.3 Å². The van der Waals surface area contributed by atoms with Crippen LogP contribution in [-0.2, 0) is 6.42 Å². The van der Waals surface area contributed by atoms with E-state index in [1.54, 1.807) is 36.6 Å². The number of aryl methyl sites for hydroxylation is 1. The van der Waals surface area contributed by atoms with Gasteiger partial charge in [0.2, 0.25) is 0 Å². The first-order valence-corrected chi connectivity index (χ1v) is 7.54. The Morgan fingerprint density at radius 2 is 2.14 bits per heavy atom. The minimum atomic E-state index is -0.375. The topological polar surface area (TPSA) is 80.1 Å². The minimum Gasteiger partial charge on any atom is -0.382 e. The molecule has 0 saturated heterocycles. The fourth-order valence-corrected chi connectivity index (χ4v) is 2.90. The number of para-hydroxylation sites is 1. The summed E-state index contributed by atoms with van der Waals surface area (Å²) in [7, 11) is 1.67. The van der Waals surface area contributed by atoms with E-state index in [1.807, 2.05) is 13.1 Å². The Labute approximate surface area is 127 Å². The summed E-state index contributed by atoms with van der Waals surface area (Å²) in [6.45, 7) is 4.03. The summed E-state index contributed by atoms with van der Waals surface area (Å²) in [5, 5.41) is 18.2. The van der Waals surface area contributed by atoms with Crippen LogP contribution in [0.4, 0.5) is 17.1 Å². The Hall–Kier alpha value is -2.15. The molecule has 0 bridgehead atoms. The van der Waals surface area contributed by atoms with Gasteiger partial charge in [0.05, 0.1) is 11.0 Å². The van der Waals surface area contributed by atoms with E-state index < -0.39 is 0 Å². The second-order valence-electron chi connectivity index (χ2n) is 4.59. The van der Waals surface area contributed by atoms with E-state index in [1.165, 1.54) is 4.88 Å². The molecule has 21 heavy (non-hydrogen) atoms. The molecule has 6 nitrogen and oxygen atoms in total. The fourth-order valence-electron chi connectivity index (χ4n) is 2.04. The van der Waals surface area contributed by atoms with Gasteiger partial charge in [0.1, 0.15) is 16.4 Å². The van der Waals surface area contributed by atoms with Crippen molar-refractivity contribution in [1.82, 2.24) is 4.98 Å². The maximum atomic E-state index is 11.3. The standard InChI is InChI=1S/C14H18N4O2S/c1-4-10-8-16-14(21-10)9(2)17-12-7-5-6-11(15-3)13(12)18(19)20/h5-9,15,17H,4H2,1-3H3. The predicted octanol–water partition coefficient (Wildman–Crippen LogP) is 3.83. The highest BCUT2D eigenvalue weighted by Gasteiger charge is 2.21. The Balaban J connectivity index is 2.28. The molecule has 0 aliphatic rings. The van der Waals surface area contributed by atoms with Gasteiger partial charge in [-0.05, 0) is 25.5 Å². The fraction of sp³-hybridized carbons (Fsp3) is 0.357. The third-order valence-corrected chi connectivity index (χ3v) is 4.47. The lowest BCUT2D eigenvalue weighted by molar-refractivity contribution is -0.383. The smallest absolute Gasteiger partial charge is 0.315 e. The van der Waals surface area contributed by atoms with Crippen molar-refractivity contribution in [1.29, 1.82) is 0 Å². The maximum absolute atomic E-state index is 11.3. The van der Waals surface area contributed by atoms with E-state index in [0.717, 1.165) is 11.4 Å². The van der Waals surface area contributed by atoms with E-state index in [9.17, 15) is 10.1 Å². The Bertz CT molecular complexity index is 642. The van der Waals surface area contributed by atoms with Gasteiger partial charge in [-0.25, -0.2) is 4.98 Å². The molecule has 0 aliphatic carbocycles. The molecule has 0 fully saturated rings. The van der Waals surface area contributed by atoms with Crippen LogP contribution >= 0.6 is 11.3 Å². The lowest BCUT2D eigenvalue weighted by atomic mass is 10.2. The quantitative estimate of drug-likeness (QED) is 0.626. The van der Waals surface area contributed by atoms with Crippen LogP contribution < -0.4 is 10.6 Å². The number of anilines is 2. The highest BCUT2D eigenvalue weighted by atomic mass is 32.1. The van der Waals surface area contributed by atoms with Crippen molar-refractivity contribution in [2.24, 2.45) is 0 Å². The summed E-state index contributed by atoms with van der Waals surface area (Å²) in [4.78, 5) is 16.5. The molecule has 7 heteroatoms. The Morgan fingerprint density at radius 1 is 1.43 bits per heavy atom. The maximum Gasteiger partial charge on any atom is 0.315 e. The number of thiazole rings is 1. The average molecular weight is 306 g/mol. The zero-order valence-electron chi connectivity index (χ0n) is 12.2. The van der Waals surface area contributed by atoms with Crippen LogP contribution in [0.3, 0.4) is 0 Å². The van der Waals surface area contributed by atoms with Crippen molar-refractivity contribution >= 4 is 28.4 Å². The number of hydrogen-bond donors (Lipinski definition) is 2. The third kappa shape index (κ3) is 3.30. The molecule has 1 heterocycles. The monoisotopic (exact) mass is 306 g/mol. The summed E-state index contributed by atoms with van der Waals surface area (Å²) < 4.78 is 0. The molecule has 0 saturated carbocycles. The highest BCUT2D eigenvalue weighted by molar-refractivity contribution is 7.11. The van der Waals surface area contributed by atoms with Gasteiger partial charge >= 0.3 is 5.69 Å². The second kappa shape index (κ2) is 6.53. The zero-order chi connectivity index (χ0) is 15.4. The van der Waals surface area contributed by atoms with Crippen molar-refractivity contribution in [3.63, 3.8) is 0 Å². The lowest BCUT2D eigenvalue weighted by Crippen LogP contribution is -2.09. The third-order valence-electron chi connectivity index (χ3n) is 3.15. The van der Waals surface area contributed by atoms with Crippen LogP contribution in [0.1, 0.15) is 29.8 Å². The van der Waals surface area contributed by atoms with E-state index in [0.29, 0.717) is 11.4 Å². The van der Waals surface area contributed by atoms with Crippen LogP contribution in [0.25, 0.3) is 0 Å². The van der Waals surface area contributed by atoms with E-state index in [-0.39, 0.29) is 16.7 Å². The summed E-state index contributed by atoms with van der Waals surface area (Å²) >= 11 is 1.63. The molecule has 1 aromatic heterocycles. The summed E-state index contributed by atoms with van der Waals surface area (Å²) in [6, 6.07) is 5.10. The normalized spacial score (nSPS) is 12.0. The number of benzene rings is 1. The largest absolute Gasteiger partial charge is 0.382 e. The first kappa shape index (κ1) is 15.2. The molecule has 2 rings (SSSR count). The molecular weight excluding hydrogens is 288 g/mol. The van der Waals surface area contributed by atoms with Crippen molar-refractivity contribution in [2.45, 2.75) is 26.3 Å². The molecule has 2 aromatic rings. The van der Waals surface area contributed by atoms with Crippen LogP contribution in [0, 0.1) is 10.1 Å². The lowest BCUT2D eigenvalue weighted by Gasteiger charge is -2.14. The zero-order valence-corrected chi connectivity index (χ0v) is 13.0. The Morgan fingerprint density at radius 3 is 2.71 bits per heavy atom. The summed E-state index contributed by atoms with van der Waals surface area (Å²) in [6.07, 6.45) is 2.80. The van der Waals surface area contributed by atoms with E-state index in [2.05, 4.69) is 22.5 Å². The van der Waals surface area contributed by atoms with Crippen molar-refractivity contribution in [2.75, 3.05) is 17.7 Å². The minimum absolute atomic E-state index is 0.0547. The number of nitrogens with zero attached hydrogens (tertiary/aromatic N) is 2. The van der Waals surface area contributed by atoms with Crippen LogP contribution in [0.5, 0.6) is 0 Å². The SMILES string of the molecule is CCc1cnc(C(C)Nc2cccc(NC)c2[N+](=O)[O-])s1. The second-order valence-corrected chi connectivity index (χ2v) is 5.74. The first-order chi connectivity index (χ1) is 10.1. The molecular formula is C14H18N4O2S.